The van der Waals surface area contributed by atoms with Crippen LogP contribution in [0.15, 0.2) is 64.6 Å². The number of sulfonamides is 1. The van der Waals surface area contributed by atoms with Crippen LogP contribution >= 0.6 is 0 Å². The fraction of sp³-hybridized carbons (Fsp3) is 0.300. The number of nitrogens with one attached hydrogen (secondary N) is 1. The smallest absolute Gasteiger partial charge is 0.293 e. The van der Waals surface area contributed by atoms with E-state index in [0.29, 0.717) is 12.8 Å². The Hall–Kier alpha value is -3.31. The molecule has 3 rings (SSSR count). The van der Waals surface area contributed by atoms with Gasteiger partial charge in [0.15, 0.2) is 0 Å². The first-order chi connectivity index (χ1) is 14.8. The number of likely N-dealkylation sites (tertiary alicyclic amines) is 1. The minimum Gasteiger partial charge on any atom is -0.306 e. The zero-order valence-corrected chi connectivity index (χ0v) is 17.8. The summed E-state index contributed by atoms with van der Waals surface area (Å²) in [6.45, 7) is 0.984. The summed E-state index contributed by atoms with van der Waals surface area (Å²) in [5.41, 5.74) is 2.59. The molecule has 1 fully saturated rings. The molecule has 0 saturated carbocycles. The molecule has 1 amide bonds. The van der Waals surface area contributed by atoms with E-state index < -0.39 is 33.1 Å². The van der Waals surface area contributed by atoms with Crippen molar-refractivity contribution >= 4 is 33.0 Å². The minimum absolute atomic E-state index is 0.0809. The van der Waals surface area contributed by atoms with Crippen LogP contribution in [0.2, 0.25) is 0 Å². The van der Waals surface area contributed by atoms with Crippen molar-refractivity contribution in [2.24, 2.45) is 5.10 Å². The quantitative estimate of drug-likeness (QED) is 0.513. The van der Waals surface area contributed by atoms with Crippen LogP contribution < -0.4 is 9.73 Å². The summed E-state index contributed by atoms with van der Waals surface area (Å²) < 4.78 is 27.3. The van der Waals surface area contributed by atoms with Gasteiger partial charge in [-0.2, -0.15) is 5.10 Å². The molecule has 10 nitrogen and oxygen atoms in total. The molecule has 1 saturated heterocycles. The molecule has 0 spiro atoms. The van der Waals surface area contributed by atoms with Gasteiger partial charge in [0, 0.05) is 37.7 Å². The number of hydrazone groups is 1. The summed E-state index contributed by atoms with van der Waals surface area (Å²) >= 11 is 0. The van der Waals surface area contributed by atoms with E-state index in [1.165, 1.54) is 48.5 Å². The summed E-state index contributed by atoms with van der Waals surface area (Å²) in [7, 11) is -2.25. The van der Waals surface area contributed by atoms with E-state index in [2.05, 4.69) is 15.4 Å². The van der Waals surface area contributed by atoms with E-state index in [1.807, 2.05) is 7.05 Å². The summed E-state index contributed by atoms with van der Waals surface area (Å²) in [6, 6.07) is 12.9. The molecule has 0 aliphatic carbocycles. The second-order valence-corrected chi connectivity index (χ2v) is 8.95. The minimum atomic E-state index is -4.24. The predicted molar refractivity (Wildman–Crippen MR) is 116 cm³/mol. The van der Waals surface area contributed by atoms with Crippen molar-refractivity contribution in [1.29, 1.82) is 0 Å². The fourth-order valence-electron chi connectivity index (χ4n) is 3.14. The highest BCUT2D eigenvalue weighted by molar-refractivity contribution is 7.92. The lowest BCUT2D eigenvalue weighted by atomic mass is 10.1. The van der Waals surface area contributed by atoms with Gasteiger partial charge in [-0.15, -0.1) is 0 Å². The topological polar surface area (TPSA) is 125 Å². The number of nitro benzene ring substituents is 1. The largest absolute Gasteiger partial charge is 0.306 e. The Morgan fingerprint density at radius 3 is 2.39 bits per heavy atom. The zero-order chi connectivity index (χ0) is 22.4. The predicted octanol–water partition coefficient (Wildman–Crippen LogP) is 1.99. The first-order valence-electron chi connectivity index (χ1n) is 9.63. The summed E-state index contributed by atoms with van der Waals surface area (Å²) in [5.74, 6) is -0.691. The number of nitro groups is 1. The highest BCUT2D eigenvalue weighted by Crippen LogP contribution is 2.31. The zero-order valence-electron chi connectivity index (χ0n) is 17.0. The number of benzene rings is 2. The van der Waals surface area contributed by atoms with Crippen molar-refractivity contribution in [3.05, 3.63) is 64.7 Å². The number of amides is 1. The number of anilines is 1. The van der Waals surface area contributed by atoms with Gasteiger partial charge in [-0.05, 0) is 25.2 Å². The van der Waals surface area contributed by atoms with Crippen molar-refractivity contribution in [1.82, 2.24) is 10.3 Å². The van der Waals surface area contributed by atoms with E-state index in [4.69, 9.17) is 0 Å². The number of hydrogen-bond donors (Lipinski definition) is 1. The Balaban J connectivity index is 1.91. The number of piperidine rings is 1. The van der Waals surface area contributed by atoms with Crippen molar-refractivity contribution in [2.45, 2.75) is 17.7 Å². The number of para-hydroxylation sites is 2. The molecule has 0 atom stereocenters. The maximum atomic E-state index is 13.3. The number of carbonyl (C=O) groups excluding carboxylic acids is 1. The number of rotatable bonds is 7. The molecule has 11 heteroatoms. The molecule has 31 heavy (non-hydrogen) atoms. The monoisotopic (exact) mass is 445 g/mol. The first-order valence-corrected chi connectivity index (χ1v) is 11.1. The lowest BCUT2D eigenvalue weighted by molar-refractivity contribution is -0.384. The second-order valence-electron chi connectivity index (χ2n) is 7.09. The third-order valence-electron chi connectivity index (χ3n) is 4.87. The van der Waals surface area contributed by atoms with Gasteiger partial charge in [0.25, 0.3) is 21.6 Å². The van der Waals surface area contributed by atoms with Crippen LogP contribution in [0.1, 0.15) is 12.8 Å². The number of carbonyl (C=O) groups is 1. The van der Waals surface area contributed by atoms with Crippen molar-refractivity contribution in [3.63, 3.8) is 0 Å². The van der Waals surface area contributed by atoms with Crippen molar-refractivity contribution in [2.75, 3.05) is 31.0 Å². The van der Waals surface area contributed by atoms with E-state index >= 15 is 0 Å². The highest BCUT2D eigenvalue weighted by atomic mass is 32.2. The standard InChI is InChI=1S/C20H23N5O5S/c1-23-13-11-16(12-14-23)21-22-20(26)15-24(18-9-5-6-10-19(18)25(27)28)31(29,30)17-7-3-2-4-8-17/h2-10H,11-15H2,1H3,(H,22,26). The molecular weight excluding hydrogens is 422 g/mol. The van der Waals surface area contributed by atoms with E-state index in [-0.39, 0.29) is 10.6 Å². The molecule has 2 aromatic rings. The Morgan fingerprint density at radius 1 is 1.13 bits per heavy atom. The Bertz CT molecular complexity index is 1080. The average molecular weight is 446 g/mol. The van der Waals surface area contributed by atoms with Gasteiger partial charge in [-0.25, -0.2) is 18.1 Å². The maximum Gasteiger partial charge on any atom is 0.293 e. The molecule has 164 valence electrons. The van der Waals surface area contributed by atoms with Crippen molar-refractivity contribution < 1.29 is 18.1 Å². The SMILES string of the molecule is CN1CCC(=NNC(=O)CN(c2ccccc2[N+](=O)[O-])S(=O)(=O)c2ccccc2)CC1. The molecule has 0 bridgehead atoms. The first kappa shape index (κ1) is 22.4. The molecule has 0 radical (unpaired) electrons. The van der Waals surface area contributed by atoms with Crippen LogP contribution in [0.5, 0.6) is 0 Å². The van der Waals surface area contributed by atoms with E-state index in [0.717, 1.165) is 23.1 Å². The summed E-state index contributed by atoms with van der Waals surface area (Å²) in [5, 5.41) is 15.6. The van der Waals surface area contributed by atoms with Crippen LogP contribution in [0.3, 0.4) is 0 Å². The molecule has 2 aromatic carbocycles. The lowest BCUT2D eigenvalue weighted by Crippen LogP contribution is -2.40. The second kappa shape index (κ2) is 9.67. The average Bonchev–Trinajstić information content (AvgIpc) is 2.77. The Labute approximate surface area is 180 Å². The van der Waals surface area contributed by atoms with Gasteiger partial charge < -0.3 is 4.90 Å². The highest BCUT2D eigenvalue weighted by Gasteiger charge is 2.31. The molecule has 1 N–H and O–H groups in total. The van der Waals surface area contributed by atoms with Gasteiger partial charge in [0.2, 0.25) is 0 Å². The number of hydrogen-bond acceptors (Lipinski definition) is 7. The van der Waals surface area contributed by atoms with Crippen molar-refractivity contribution in [3.8, 4) is 0 Å². The molecule has 0 aromatic heterocycles. The van der Waals surface area contributed by atoms with E-state index in [9.17, 15) is 23.3 Å². The normalized spacial score (nSPS) is 14.7. The third kappa shape index (κ3) is 5.44. The molecule has 1 heterocycles. The van der Waals surface area contributed by atoms with Gasteiger partial charge in [0.1, 0.15) is 12.2 Å². The molecule has 1 aliphatic rings. The van der Waals surface area contributed by atoms with Crippen LogP contribution in [-0.2, 0) is 14.8 Å². The van der Waals surface area contributed by atoms with Crippen LogP contribution in [0, 0.1) is 10.1 Å². The van der Waals surface area contributed by atoms with Crippen LogP contribution in [0.25, 0.3) is 0 Å². The van der Waals surface area contributed by atoms with Crippen LogP contribution in [0.4, 0.5) is 11.4 Å². The third-order valence-corrected chi connectivity index (χ3v) is 6.64. The molecule has 0 unspecified atom stereocenters. The van der Waals surface area contributed by atoms with Gasteiger partial charge in [-0.3, -0.25) is 14.9 Å². The summed E-state index contributed by atoms with van der Waals surface area (Å²) in [4.78, 5) is 25.5. The summed E-state index contributed by atoms with van der Waals surface area (Å²) in [6.07, 6.45) is 1.40. The van der Waals surface area contributed by atoms with Gasteiger partial charge >= 0.3 is 0 Å². The Kier molecular flexibility index (Phi) is 6.98. The number of nitrogens with zero attached hydrogens (tertiary/aromatic N) is 4. The Morgan fingerprint density at radius 2 is 1.74 bits per heavy atom. The maximum absolute atomic E-state index is 13.3. The van der Waals surface area contributed by atoms with E-state index in [1.54, 1.807) is 6.07 Å². The molecule has 1 aliphatic heterocycles. The fourth-order valence-corrected chi connectivity index (χ4v) is 4.60. The van der Waals surface area contributed by atoms with Gasteiger partial charge in [-0.1, -0.05) is 30.3 Å². The molecular formula is C20H23N5O5S. The van der Waals surface area contributed by atoms with Crippen LogP contribution in [-0.4, -0.2) is 56.5 Å². The lowest BCUT2D eigenvalue weighted by Gasteiger charge is -2.24. The van der Waals surface area contributed by atoms with Gasteiger partial charge in [0.05, 0.1) is 9.82 Å².